The molecule has 2 heterocycles. The zero-order valence-corrected chi connectivity index (χ0v) is 19.6. The van der Waals surface area contributed by atoms with E-state index in [0.29, 0.717) is 6.42 Å². The molecule has 1 saturated heterocycles. The summed E-state index contributed by atoms with van der Waals surface area (Å²) < 4.78 is 0. The lowest BCUT2D eigenvalue weighted by Crippen LogP contribution is -2.46. The van der Waals surface area contributed by atoms with E-state index < -0.39 is 0 Å². The number of piperazine rings is 1. The maximum atomic E-state index is 12.8. The summed E-state index contributed by atoms with van der Waals surface area (Å²) in [5.41, 5.74) is 5.01. The van der Waals surface area contributed by atoms with E-state index in [1.165, 1.54) is 33.9 Å². The van der Waals surface area contributed by atoms with Gasteiger partial charge in [0.2, 0.25) is 0 Å². The molecule has 0 unspecified atom stereocenters. The lowest BCUT2D eigenvalue weighted by atomic mass is 9.98. The Hall–Kier alpha value is -2.53. The summed E-state index contributed by atoms with van der Waals surface area (Å²) in [6.45, 7) is 8.34. The van der Waals surface area contributed by atoms with E-state index in [1.54, 1.807) is 0 Å². The van der Waals surface area contributed by atoms with Crippen LogP contribution in [-0.4, -0.2) is 54.9 Å². The van der Waals surface area contributed by atoms with Gasteiger partial charge in [0.15, 0.2) is 5.78 Å². The summed E-state index contributed by atoms with van der Waals surface area (Å²) in [6, 6.07) is 21.6. The molecule has 1 N–H and O–H groups in total. The number of carbonyl (C=O) groups is 1. The van der Waals surface area contributed by atoms with E-state index in [2.05, 4.69) is 69.7 Å². The Kier molecular flexibility index (Phi) is 7.15. The molecular weight excluding hydrogens is 406 g/mol. The molecule has 2 aliphatic rings. The van der Waals surface area contributed by atoms with E-state index in [4.69, 9.17) is 0 Å². The highest BCUT2D eigenvalue weighted by molar-refractivity contribution is 5.96. The molecule has 4 nitrogen and oxygen atoms in total. The second kappa shape index (κ2) is 10.6. The number of benzene rings is 3. The summed E-state index contributed by atoms with van der Waals surface area (Å²) in [5, 5.41) is 6.15. The molecule has 0 amide bonds. The number of nitrogens with one attached hydrogen (secondary N) is 1. The zero-order valence-electron chi connectivity index (χ0n) is 19.6. The fourth-order valence-corrected chi connectivity index (χ4v) is 5.28. The van der Waals surface area contributed by atoms with Crippen molar-refractivity contribution >= 4 is 16.6 Å². The molecule has 4 heteroatoms. The molecule has 0 aliphatic carbocycles. The van der Waals surface area contributed by atoms with Crippen LogP contribution in [0.25, 0.3) is 10.8 Å². The van der Waals surface area contributed by atoms with E-state index >= 15 is 0 Å². The maximum Gasteiger partial charge on any atom is 0.162 e. The van der Waals surface area contributed by atoms with E-state index in [-0.39, 0.29) is 5.78 Å². The largest absolute Gasteiger partial charge is 0.313 e. The summed E-state index contributed by atoms with van der Waals surface area (Å²) in [5.74, 6) is 0.289. The van der Waals surface area contributed by atoms with Crippen molar-refractivity contribution in [1.82, 2.24) is 15.1 Å². The summed E-state index contributed by atoms with van der Waals surface area (Å²) in [4.78, 5) is 17.9. The molecule has 3 aromatic carbocycles. The molecule has 33 heavy (non-hydrogen) atoms. The third-order valence-electron chi connectivity index (χ3n) is 7.26. The highest BCUT2D eigenvalue weighted by Crippen LogP contribution is 2.21. The van der Waals surface area contributed by atoms with E-state index in [9.17, 15) is 4.79 Å². The SMILES string of the molecule is O=C(CCCN1CCN(Cc2cccc3ccccc23)CC1)c1ccc2c(c1)CNCCC2. The lowest BCUT2D eigenvalue weighted by Gasteiger charge is -2.34. The maximum absolute atomic E-state index is 12.8. The van der Waals surface area contributed by atoms with Crippen molar-refractivity contribution < 1.29 is 4.79 Å². The minimum Gasteiger partial charge on any atom is -0.313 e. The first kappa shape index (κ1) is 22.3. The van der Waals surface area contributed by atoms with Crippen LogP contribution in [0.5, 0.6) is 0 Å². The Balaban J connectivity index is 1.07. The summed E-state index contributed by atoms with van der Waals surface area (Å²) in [7, 11) is 0. The molecule has 0 aromatic heterocycles. The first-order valence-corrected chi connectivity index (χ1v) is 12.5. The van der Waals surface area contributed by atoms with Crippen LogP contribution in [0.1, 0.15) is 46.3 Å². The van der Waals surface area contributed by atoms with Gasteiger partial charge in [-0.25, -0.2) is 0 Å². The molecule has 5 rings (SSSR count). The quantitative estimate of drug-likeness (QED) is 0.541. The van der Waals surface area contributed by atoms with Crippen molar-refractivity contribution in [3.8, 4) is 0 Å². The molecule has 0 bridgehead atoms. The van der Waals surface area contributed by atoms with E-state index in [0.717, 1.165) is 70.8 Å². The van der Waals surface area contributed by atoms with Gasteiger partial charge in [-0.3, -0.25) is 9.69 Å². The number of Topliss-reactive ketones (excluding diaryl/α,β-unsaturated/α-hetero) is 1. The number of carbonyl (C=O) groups excluding carboxylic acids is 1. The predicted molar refractivity (Wildman–Crippen MR) is 136 cm³/mol. The Bertz CT molecular complexity index is 1100. The van der Waals surface area contributed by atoms with Crippen LogP contribution in [0.15, 0.2) is 60.7 Å². The topological polar surface area (TPSA) is 35.6 Å². The number of fused-ring (bicyclic) bond motifs is 2. The van der Waals surface area contributed by atoms with Crippen molar-refractivity contribution in [2.45, 2.75) is 38.8 Å². The van der Waals surface area contributed by atoms with Crippen LogP contribution in [0.3, 0.4) is 0 Å². The molecular formula is C29H35N3O. The Labute approximate surface area is 197 Å². The van der Waals surface area contributed by atoms with Gasteiger partial charge >= 0.3 is 0 Å². The zero-order chi connectivity index (χ0) is 22.5. The van der Waals surface area contributed by atoms with Crippen molar-refractivity contribution in [2.75, 3.05) is 39.3 Å². The standard InChI is InChI=1S/C29H35N3O/c33-29(25-13-12-23-9-4-14-30-21-27(23)20-25)11-5-15-31-16-18-32(19-17-31)22-26-8-3-7-24-6-1-2-10-28(24)26/h1-3,6-8,10,12-13,20,30H,4-5,9,11,14-19,21-22H2. The van der Waals surface area contributed by atoms with E-state index in [1.807, 2.05) is 6.07 Å². The van der Waals surface area contributed by atoms with Gasteiger partial charge in [-0.05, 0) is 65.9 Å². The molecule has 1 fully saturated rings. The van der Waals surface area contributed by atoms with Crippen molar-refractivity contribution in [3.05, 3.63) is 82.9 Å². The molecule has 3 aromatic rings. The lowest BCUT2D eigenvalue weighted by molar-refractivity contribution is 0.0959. The van der Waals surface area contributed by atoms with Crippen LogP contribution in [0, 0.1) is 0 Å². The van der Waals surface area contributed by atoms with Gasteiger partial charge in [0.25, 0.3) is 0 Å². The van der Waals surface area contributed by atoms with Gasteiger partial charge in [0.1, 0.15) is 0 Å². The molecule has 0 spiro atoms. The number of hydrogen-bond donors (Lipinski definition) is 1. The van der Waals surface area contributed by atoms with Crippen molar-refractivity contribution in [2.24, 2.45) is 0 Å². The number of ketones is 1. The monoisotopic (exact) mass is 441 g/mol. The molecule has 0 atom stereocenters. The molecule has 0 saturated carbocycles. The third kappa shape index (κ3) is 5.52. The van der Waals surface area contributed by atoms with Gasteiger partial charge in [0, 0.05) is 51.3 Å². The van der Waals surface area contributed by atoms with Crippen LogP contribution < -0.4 is 5.32 Å². The highest BCUT2D eigenvalue weighted by atomic mass is 16.1. The number of hydrogen-bond acceptors (Lipinski definition) is 4. The second-order valence-electron chi connectivity index (χ2n) is 9.55. The number of nitrogens with zero attached hydrogens (tertiary/aromatic N) is 2. The first-order valence-electron chi connectivity index (χ1n) is 12.5. The minimum absolute atomic E-state index is 0.289. The van der Waals surface area contributed by atoms with Gasteiger partial charge in [-0.1, -0.05) is 54.6 Å². The Morgan fingerprint density at radius 3 is 2.61 bits per heavy atom. The van der Waals surface area contributed by atoms with Crippen LogP contribution in [-0.2, 0) is 19.5 Å². The van der Waals surface area contributed by atoms with Crippen LogP contribution in [0.2, 0.25) is 0 Å². The van der Waals surface area contributed by atoms with Crippen LogP contribution >= 0.6 is 0 Å². The second-order valence-corrected chi connectivity index (χ2v) is 9.55. The average Bonchev–Trinajstić information content (AvgIpc) is 3.10. The molecule has 2 aliphatic heterocycles. The summed E-state index contributed by atoms with van der Waals surface area (Å²) in [6.07, 6.45) is 3.87. The first-order chi connectivity index (χ1) is 16.3. The van der Waals surface area contributed by atoms with Crippen molar-refractivity contribution in [1.29, 1.82) is 0 Å². The minimum atomic E-state index is 0.289. The number of rotatable bonds is 7. The average molecular weight is 442 g/mol. The van der Waals surface area contributed by atoms with Gasteiger partial charge in [0.05, 0.1) is 0 Å². The predicted octanol–water partition coefficient (Wildman–Crippen LogP) is 4.66. The fraction of sp³-hybridized carbons (Fsp3) is 0.414. The van der Waals surface area contributed by atoms with Crippen LogP contribution in [0.4, 0.5) is 0 Å². The van der Waals surface area contributed by atoms with Crippen molar-refractivity contribution in [3.63, 3.8) is 0 Å². The fourth-order valence-electron chi connectivity index (χ4n) is 5.28. The third-order valence-corrected chi connectivity index (χ3v) is 7.26. The van der Waals surface area contributed by atoms with Gasteiger partial charge < -0.3 is 10.2 Å². The Morgan fingerprint density at radius 2 is 1.70 bits per heavy atom. The molecule has 0 radical (unpaired) electrons. The smallest absolute Gasteiger partial charge is 0.162 e. The Morgan fingerprint density at radius 1 is 0.879 bits per heavy atom. The van der Waals surface area contributed by atoms with Gasteiger partial charge in [-0.2, -0.15) is 0 Å². The summed E-state index contributed by atoms with van der Waals surface area (Å²) >= 11 is 0. The highest BCUT2D eigenvalue weighted by Gasteiger charge is 2.18. The normalized spacial score (nSPS) is 17.6. The van der Waals surface area contributed by atoms with Gasteiger partial charge in [-0.15, -0.1) is 0 Å². The molecule has 172 valence electrons. The number of aryl methyl sites for hydroxylation is 1.